The highest BCUT2D eigenvalue weighted by Crippen LogP contribution is 2.17. The molecular weight excluding hydrogens is 863 g/mol. The van der Waals surface area contributed by atoms with Crippen LogP contribution < -0.4 is 5.32 Å². The lowest BCUT2D eigenvalue weighted by Gasteiger charge is -2.20. The van der Waals surface area contributed by atoms with Crippen molar-refractivity contribution in [3.8, 4) is 0 Å². The Bertz CT molecular complexity index is 1180. The van der Waals surface area contributed by atoms with Crippen LogP contribution in [-0.4, -0.2) is 47.4 Å². The van der Waals surface area contributed by atoms with E-state index in [1.165, 1.54) is 218 Å². The Labute approximate surface area is 436 Å². The Kier molecular flexibility index (Phi) is 57.5. The number of nitrogens with one attached hydrogen (secondary N) is 1. The molecule has 0 heterocycles. The third kappa shape index (κ3) is 55.1. The Balaban J connectivity index is 3.54. The number of hydrogen-bond acceptors (Lipinski definition) is 5. The molecule has 0 saturated heterocycles. The number of carbonyl (C=O) groups is 2. The zero-order chi connectivity index (χ0) is 50.7. The normalized spacial score (nSPS) is 12.9. The molecule has 70 heavy (non-hydrogen) atoms. The fourth-order valence-electron chi connectivity index (χ4n) is 9.33. The number of ether oxygens (including phenoxy) is 1. The quantitative estimate of drug-likeness (QED) is 0.0244. The van der Waals surface area contributed by atoms with Crippen LogP contribution in [0.4, 0.5) is 0 Å². The fourth-order valence-corrected chi connectivity index (χ4v) is 9.33. The molecule has 0 aliphatic carbocycles. The highest BCUT2D eigenvalue weighted by atomic mass is 16.5. The minimum Gasteiger partial charge on any atom is -0.466 e. The lowest BCUT2D eigenvalue weighted by molar-refractivity contribution is -0.143. The van der Waals surface area contributed by atoms with Crippen LogP contribution in [0.15, 0.2) is 48.6 Å². The van der Waals surface area contributed by atoms with Crippen LogP contribution in [0.5, 0.6) is 0 Å². The maximum atomic E-state index is 12.5. The van der Waals surface area contributed by atoms with Crippen molar-refractivity contribution in [2.75, 3.05) is 13.2 Å². The van der Waals surface area contributed by atoms with Crippen LogP contribution in [0.25, 0.3) is 0 Å². The number of amides is 1. The molecule has 0 radical (unpaired) electrons. The van der Waals surface area contributed by atoms with Crippen molar-refractivity contribution in [3.05, 3.63) is 48.6 Å². The Hall–Kier alpha value is -2.18. The van der Waals surface area contributed by atoms with Gasteiger partial charge in [-0.3, -0.25) is 9.59 Å². The largest absolute Gasteiger partial charge is 0.466 e. The predicted molar refractivity (Wildman–Crippen MR) is 306 cm³/mol. The first-order valence-corrected chi connectivity index (χ1v) is 30.9. The number of carbonyl (C=O) groups excluding carboxylic acids is 2. The minimum absolute atomic E-state index is 0.0261. The second kappa shape index (κ2) is 59.4. The van der Waals surface area contributed by atoms with Crippen molar-refractivity contribution in [2.24, 2.45) is 0 Å². The van der Waals surface area contributed by atoms with Gasteiger partial charge in [-0.1, -0.05) is 268 Å². The van der Waals surface area contributed by atoms with E-state index in [9.17, 15) is 19.8 Å². The van der Waals surface area contributed by atoms with Crippen molar-refractivity contribution in [1.29, 1.82) is 0 Å². The Morgan fingerprint density at radius 2 is 0.714 bits per heavy atom. The van der Waals surface area contributed by atoms with Gasteiger partial charge in [0.1, 0.15) is 0 Å². The molecule has 6 heteroatoms. The maximum absolute atomic E-state index is 12.5. The zero-order valence-corrected chi connectivity index (χ0v) is 46.7. The monoisotopic (exact) mass is 982 g/mol. The molecule has 410 valence electrons. The Morgan fingerprint density at radius 1 is 0.400 bits per heavy atom. The molecule has 0 aromatic carbocycles. The highest BCUT2D eigenvalue weighted by Gasteiger charge is 2.18. The van der Waals surface area contributed by atoms with Gasteiger partial charge in [-0.15, -0.1) is 0 Å². The second-order valence-corrected chi connectivity index (χ2v) is 21.1. The van der Waals surface area contributed by atoms with Gasteiger partial charge in [0.25, 0.3) is 0 Å². The lowest BCUT2D eigenvalue weighted by Crippen LogP contribution is -2.45. The zero-order valence-electron chi connectivity index (χ0n) is 46.7. The molecule has 1 amide bonds. The molecule has 2 atom stereocenters. The number of aliphatic hydroxyl groups excluding tert-OH is 2. The first-order valence-electron chi connectivity index (χ1n) is 30.9. The second-order valence-electron chi connectivity index (χ2n) is 21.1. The first-order chi connectivity index (χ1) is 34.5. The summed E-state index contributed by atoms with van der Waals surface area (Å²) in [6.07, 6.45) is 75.7. The van der Waals surface area contributed by atoms with Crippen molar-refractivity contribution in [1.82, 2.24) is 5.32 Å². The average molecular weight is 983 g/mol. The van der Waals surface area contributed by atoms with E-state index in [4.69, 9.17) is 4.74 Å². The van der Waals surface area contributed by atoms with Gasteiger partial charge in [0.2, 0.25) is 5.91 Å². The van der Waals surface area contributed by atoms with Crippen LogP contribution in [-0.2, 0) is 14.3 Å². The van der Waals surface area contributed by atoms with E-state index in [-0.39, 0.29) is 18.5 Å². The van der Waals surface area contributed by atoms with Gasteiger partial charge < -0.3 is 20.3 Å². The SMILES string of the molecule is CCCCCCCC/C=C\CCCCCCCCCC(=O)OCCCCC/C=C\C=C/CCCCCCCCC(=O)NC(CO)C(O)/C=C/CCCCCCCCCCCCCCCCCCCCC. The van der Waals surface area contributed by atoms with E-state index in [1.807, 2.05) is 6.08 Å². The number of allylic oxidation sites excluding steroid dienone is 7. The summed E-state index contributed by atoms with van der Waals surface area (Å²) in [5.41, 5.74) is 0. The molecule has 0 aliphatic rings. The molecule has 0 fully saturated rings. The molecule has 0 rings (SSSR count). The van der Waals surface area contributed by atoms with Crippen molar-refractivity contribution < 1.29 is 24.5 Å². The number of hydrogen-bond donors (Lipinski definition) is 3. The first kappa shape index (κ1) is 67.8. The standard InChI is InChI=1S/C64H119NO5/c1-3-5-7-9-11-13-15-17-19-21-22-23-24-26-28-32-36-40-44-48-52-56-62(67)61(60-66)65-63(68)57-53-49-45-41-37-33-29-27-31-35-39-43-47-51-55-59-70-64(69)58-54-50-46-42-38-34-30-25-20-18-16-14-12-10-8-6-4-2/h18,20,27,31,35,39,52,56,61-62,66-67H,3-17,19,21-26,28-30,32-34,36-38,40-51,53-55,57-60H2,1-2H3,(H,65,68)/b20-18-,31-27-,39-35-,56-52+. The van der Waals surface area contributed by atoms with Crippen molar-refractivity contribution >= 4 is 11.9 Å². The molecule has 0 saturated carbocycles. The van der Waals surface area contributed by atoms with E-state index in [1.54, 1.807) is 6.08 Å². The molecule has 0 aliphatic heterocycles. The number of esters is 1. The lowest BCUT2D eigenvalue weighted by atomic mass is 10.0. The van der Waals surface area contributed by atoms with Crippen LogP contribution >= 0.6 is 0 Å². The van der Waals surface area contributed by atoms with Crippen LogP contribution in [0.1, 0.15) is 322 Å². The summed E-state index contributed by atoms with van der Waals surface area (Å²) in [4.78, 5) is 24.6. The molecule has 0 aromatic rings. The van der Waals surface area contributed by atoms with Gasteiger partial charge in [0.05, 0.1) is 25.4 Å². The minimum atomic E-state index is -0.861. The maximum Gasteiger partial charge on any atom is 0.305 e. The summed E-state index contributed by atoms with van der Waals surface area (Å²) in [5.74, 6) is -0.115. The third-order valence-corrected chi connectivity index (χ3v) is 14.1. The van der Waals surface area contributed by atoms with Gasteiger partial charge in [-0.05, 0) is 89.9 Å². The molecular formula is C64H119NO5. The van der Waals surface area contributed by atoms with E-state index in [0.29, 0.717) is 19.4 Å². The van der Waals surface area contributed by atoms with Crippen LogP contribution in [0.2, 0.25) is 0 Å². The summed E-state index contributed by atoms with van der Waals surface area (Å²) in [6.45, 7) is 4.86. The van der Waals surface area contributed by atoms with E-state index >= 15 is 0 Å². The van der Waals surface area contributed by atoms with E-state index in [2.05, 4.69) is 55.6 Å². The van der Waals surface area contributed by atoms with Crippen molar-refractivity contribution in [3.63, 3.8) is 0 Å². The van der Waals surface area contributed by atoms with Gasteiger partial charge in [-0.25, -0.2) is 0 Å². The van der Waals surface area contributed by atoms with Gasteiger partial charge in [-0.2, -0.15) is 0 Å². The summed E-state index contributed by atoms with van der Waals surface area (Å²) >= 11 is 0. The van der Waals surface area contributed by atoms with Gasteiger partial charge >= 0.3 is 5.97 Å². The number of unbranched alkanes of at least 4 members (excludes halogenated alkanes) is 41. The molecule has 0 spiro atoms. The summed E-state index contributed by atoms with van der Waals surface area (Å²) in [7, 11) is 0. The average Bonchev–Trinajstić information content (AvgIpc) is 3.36. The number of rotatable bonds is 57. The van der Waals surface area contributed by atoms with Crippen LogP contribution in [0.3, 0.4) is 0 Å². The topological polar surface area (TPSA) is 95.9 Å². The van der Waals surface area contributed by atoms with Gasteiger partial charge in [0.15, 0.2) is 0 Å². The summed E-state index contributed by atoms with van der Waals surface area (Å²) in [5, 5.41) is 23.2. The molecule has 6 nitrogen and oxygen atoms in total. The van der Waals surface area contributed by atoms with Gasteiger partial charge in [0, 0.05) is 12.8 Å². The smallest absolute Gasteiger partial charge is 0.305 e. The molecule has 3 N–H and O–H groups in total. The molecule has 2 unspecified atom stereocenters. The summed E-state index contributed by atoms with van der Waals surface area (Å²) in [6, 6.07) is -0.646. The predicted octanol–water partition coefficient (Wildman–Crippen LogP) is 19.4. The van der Waals surface area contributed by atoms with Crippen molar-refractivity contribution in [2.45, 2.75) is 334 Å². The third-order valence-electron chi connectivity index (χ3n) is 14.1. The van der Waals surface area contributed by atoms with Crippen LogP contribution in [0, 0.1) is 0 Å². The molecule has 0 aromatic heterocycles. The fraction of sp³-hybridized carbons (Fsp3) is 0.844. The van der Waals surface area contributed by atoms with E-state index in [0.717, 1.165) is 77.0 Å². The summed E-state index contributed by atoms with van der Waals surface area (Å²) < 4.78 is 5.46. The Morgan fingerprint density at radius 3 is 1.10 bits per heavy atom. The van der Waals surface area contributed by atoms with E-state index < -0.39 is 12.1 Å². The number of aliphatic hydroxyl groups is 2. The highest BCUT2D eigenvalue weighted by molar-refractivity contribution is 5.76. The molecule has 0 bridgehead atoms.